The molecular weight excluding hydrogens is 424 g/mol. The fourth-order valence-corrected chi connectivity index (χ4v) is 4.59. The van der Waals surface area contributed by atoms with Gasteiger partial charge >= 0.3 is 0 Å². The molecule has 1 fully saturated rings. The predicted octanol–water partition coefficient (Wildman–Crippen LogP) is 4.60. The van der Waals surface area contributed by atoms with Gasteiger partial charge in [0.1, 0.15) is 5.58 Å². The first-order valence-corrected chi connectivity index (χ1v) is 11.4. The summed E-state index contributed by atoms with van der Waals surface area (Å²) in [6.45, 7) is 2.93. The first-order chi connectivity index (χ1) is 15.8. The zero-order chi connectivity index (χ0) is 21.8. The van der Waals surface area contributed by atoms with E-state index < -0.39 is 0 Å². The number of carbonyl (C=O) groups is 1. The van der Waals surface area contributed by atoms with Crippen molar-refractivity contribution in [2.24, 2.45) is 0 Å². The molecule has 0 saturated carbocycles. The second-order valence-electron chi connectivity index (χ2n) is 7.30. The number of hydrogen-bond acceptors (Lipinski definition) is 7. The van der Waals surface area contributed by atoms with Crippen molar-refractivity contribution in [3.63, 3.8) is 0 Å². The number of furan rings is 1. The molecule has 0 unspecified atom stereocenters. The molecule has 8 heteroatoms. The molecule has 0 radical (unpaired) electrons. The van der Waals surface area contributed by atoms with E-state index in [0.717, 1.165) is 35.4 Å². The second-order valence-corrected chi connectivity index (χ2v) is 8.24. The molecule has 2 aromatic heterocycles. The number of para-hydroxylation sites is 3. The summed E-state index contributed by atoms with van der Waals surface area (Å²) < 4.78 is 11.5. The number of anilines is 2. The summed E-state index contributed by atoms with van der Waals surface area (Å²) in [6.07, 6.45) is 3.41. The molecular formula is C24H22N4O3S. The van der Waals surface area contributed by atoms with Crippen molar-refractivity contribution in [2.45, 2.75) is 10.9 Å². The number of ether oxygens (including phenoxy) is 1. The summed E-state index contributed by atoms with van der Waals surface area (Å²) in [4.78, 5) is 24.1. The number of nitrogens with zero attached hydrogens (tertiary/aromatic N) is 3. The lowest BCUT2D eigenvalue weighted by Crippen LogP contribution is -2.36. The van der Waals surface area contributed by atoms with Gasteiger partial charge < -0.3 is 19.4 Å². The number of benzene rings is 2. The summed E-state index contributed by atoms with van der Waals surface area (Å²) >= 11 is 1.47. The minimum atomic E-state index is -0.272. The maximum absolute atomic E-state index is 13.4. The molecule has 7 nitrogen and oxygen atoms in total. The van der Waals surface area contributed by atoms with Gasteiger partial charge in [-0.25, -0.2) is 9.97 Å². The molecule has 162 valence electrons. The topological polar surface area (TPSA) is 80.5 Å². The van der Waals surface area contributed by atoms with Crippen LogP contribution in [0.3, 0.4) is 0 Å². The smallest absolute Gasteiger partial charge is 0.291 e. The van der Waals surface area contributed by atoms with Crippen LogP contribution < -0.4 is 10.2 Å². The lowest BCUT2D eigenvalue weighted by Gasteiger charge is -2.30. The van der Waals surface area contributed by atoms with Crippen molar-refractivity contribution in [3.8, 4) is 0 Å². The average molecular weight is 447 g/mol. The minimum Gasteiger partial charge on any atom is -0.451 e. The summed E-state index contributed by atoms with van der Waals surface area (Å²) in [5, 5.41) is 4.64. The van der Waals surface area contributed by atoms with E-state index in [4.69, 9.17) is 9.15 Å². The summed E-state index contributed by atoms with van der Waals surface area (Å²) in [5.41, 5.74) is 3.25. The second kappa shape index (κ2) is 9.42. The molecule has 0 spiro atoms. The highest BCUT2D eigenvalue weighted by molar-refractivity contribution is 7.98. The van der Waals surface area contributed by atoms with Crippen molar-refractivity contribution < 1.29 is 13.9 Å². The number of amides is 1. The summed E-state index contributed by atoms with van der Waals surface area (Å²) in [7, 11) is 0. The van der Waals surface area contributed by atoms with E-state index >= 15 is 0 Å². The number of thioether (sulfide) groups is 1. The fraction of sp³-hybridized carbons (Fsp3) is 0.208. The highest BCUT2D eigenvalue weighted by atomic mass is 32.2. The van der Waals surface area contributed by atoms with Crippen LogP contribution >= 0.6 is 11.8 Å². The van der Waals surface area contributed by atoms with E-state index in [1.54, 1.807) is 18.5 Å². The Hall–Kier alpha value is -3.36. The number of morpholine rings is 1. The van der Waals surface area contributed by atoms with Crippen LogP contribution in [0.1, 0.15) is 16.1 Å². The Balaban J connectivity index is 1.44. The van der Waals surface area contributed by atoms with Gasteiger partial charge in [0.2, 0.25) is 0 Å². The summed E-state index contributed by atoms with van der Waals surface area (Å²) in [5.74, 6) is 0.562. The number of carbonyl (C=O) groups excluding carboxylic acids is 1. The third-order valence-electron chi connectivity index (χ3n) is 5.30. The molecule has 5 rings (SSSR count). The number of fused-ring (bicyclic) bond motifs is 1. The Kier molecular flexibility index (Phi) is 6.04. The number of hydrogen-bond donors (Lipinski definition) is 1. The molecule has 2 aromatic carbocycles. The molecule has 0 bridgehead atoms. The van der Waals surface area contributed by atoms with Gasteiger partial charge in [0.25, 0.3) is 5.91 Å². The third-order valence-corrected chi connectivity index (χ3v) is 6.20. The van der Waals surface area contributed by atoms with Crippen LogP contribution in [0.15, 0.2) is 76.6 Å². The Morgan fingerprint density at radius 2 is 1.75 bits per heavy atom. The Labute approximate surface area is 189 Å². The standard InChI is InChI=1S/C24H22N4O3S/c29-23(27-19-7-2-3-8-20(19)28-12-14-30-15-13-28)22-18(16-32-24-25-10-5-11-26-24)17-6-1-4-9-21(17)31-22/h1-11H,12-16H2,(H,27,29). The van der Waals surface area contributed by atoms with Gasteiger partial charge in [-0.3, -0.25) is 4.79 Å². The van der Waals surface area contributed by atoms with E-state index in [9.17, 15) is 4.79 Å². The Bertz CT molecular complexity index is 1220. The van der Waals surface area contributed by atoms with Gasteiger partial charge in [0.05, 0.1) is 24.6 Å². The summed E-state index contributed by atoms with van der Waals surface area (Å²) in [6, 6.07) is 17.3. The van der Waals surface area contributed by atoms with Crippen molar-refractivity contribution in [1.29, 1.82) is 0 Å². The molecule has 3 heterocycles. The first-order valence-electron chi connectivity index (χ1n) is 10.4. The van der Waals surface area contributed by atoms with E-state index in [1.807, 2.05) is 48.5 Å². The van der Waals surface area contributed by atoms with Crippen LogP contribution in [-0.4, -0.2) is 42.2 Å². The maximum Gasteiger partial charge on any atom is 0.291 e. The van der Waals surface area contributed by atoms with Crippen LogP contribution in [-0.2, 0) is 10.5 Å². The highest BCUT2D eigenvalue weighted by Gasteiger charge is 2.23. The van der Waals surface area contributed by atoms with Crippen LogP contribution in [0.5, 0.6) is 0 Å². The lowest BCUT2D eigenvalue weighted by atomic mass is 10.1. The van der Waals surface area contributed by atoms with Crippen LogP contribution in [0, 0.1) is 0 Å². The van der Waals surface area contributed by atoms with Crippen molar-refractivity contribution in [2.75, 3.05) is 36.5 Å². The third kappa shape index (κ3) is 4.32. The van der Waals surface area contributed by atoms with Crippen molar-refractivity contribution in [1.82, 2.24) is 9.97 Å². The monoisotopic (exact) mass is 446 g/mol. The normalized spacial score (nSPS) is 13.9. The molecule has 32 heavy (non-hydrogen) atoms. The minimum absolute atomic E-state index is 0.272. The van der Waals surface area contributed by atoms with Gasteiger partial charge in [-0.1, -0.05) is 42.1 Å². The molecule has 0 aliphatic carbocycles. The number of aromatic nitrogens is 2. The quantitative estimate of drug-likeness (QED) is 0.342. The van der Waals surface area contributed by atoms with Crippen molar-refractivity contribution >= 4 is 40.0 Å². The molecule has 4 aromatic rings. The Morgan fingerprint density at radius 1 is 1.00 bits per heavy atom. The molecule has 1 amide bonds. The van der Waals surface area contributed by atoms with E-state index in [1.165, 1.54) is 11.8 Å². The van der Waals surface area contributed by atoms with Crippen LogP contribution in [0.2, 0.25) is 0 Å². The van der Waals surface area contributed by atoms with E-state index in [0.29, 0.717) is 35.5 Å². The zero-order valence-corrected chi connectivity index (χ0v) is 18.2. The molecule has 1 N–H and O–H groups in total. The molecule has 1 aliphatic rings. The molecule has 0 atom stereocenters. The number of rotatable bonds is 6. The van der Waals surface area contributed by atoms with Gasteiger partial charge in [-0.05, 0) is 24.3 Å². The number of nitrogens with one attached hydrogen (secondary N) is 1. The van der Waals surface area contributed by atoms with Crippen LogP contribution in [0.4, 0.5) is 11.4 Å². The molecule has 1 aliphatic heterocycles. The van der Waals surface area contributed by atoms with E-state index in [2.05, 4.69) is 20.2 Å². The van der Waals surface area contributed by atoms with Gasteiger partial charge in [-0.2, -0.15) is 0 Å². The highest BCUT2D eigenvalue weighted by Crippen LogP contribution is 2.33. The van der Waals surface area contributed by atoms with Crippen molar-refractivity contribution in [3.05, 3.63) is 78.3 Å². The lowest BCUT2D eigenvalue weighted by molar-refractivity contribution is 0.0998. The average Bonchev–Trinajstić information content (AvgIpc) is 3.23. The SMILES string of the molecule is O=C(Nc1ccccc1N1CCOCC1)c1oc2ccccc2c1CSc1ncccn1. The Morgan fingerprint density at radius 3 is 2.59 bits per heavy atom. The predicted molar refractivity (Wildman–Crippen MR) is 125 cm³/mol. The van der Waals surface area contributed by atoms with Gasteiger partial charge in [0.15, 0.2) is 10.9 Å². The van der Waals surface area contributed by atoms with Crippen LogP contribution in [0.25, 0.3) is 11.0 Å². The maximum atomic E-state index is 13.4. The largest absolute Gasteiger partial charge is 0.451 e. The van der Waals surface area contributed by atoms with Gasteiger partial charge in [0, 0.05) is 42.2 Å². The van der Waals surface area contributed by atoms with Gasteiger partial charge in [-0.15, -0.1) is 0 Å². The zero-order valence-electron chi connectivity index (χ0n) is 17.4. The fourth-order valence-electron chi connectivity index (χ4n) is 3.76. The molecule has 1 saturated heterocycles. The first kappa shape index (κ1) is 20.5. The van der Waals surface area contributed by atoms with E-state index in [-0.39, 0.29) is 5.91 Å².